The summed E-state index contributed by atoms with van der Waals surface area (Å²) in [5, 5.41) is 73.0. The summed E-state index contributed by atoms with van der Waals surface area (Å²) in [5.74, 6) is -2.59. The number of unbranched alkanes of at least 4 members (excludes halogenated alkanes) is 3. The monoisotopic (exact) mass is 1250 g/mol. The number of aliphatic hydroxyl groups is 6. The number of carbonyl (C=O) groups is 4. The van der Waals surface area contributed by atoms with Gasteiger partial charge in [0.05, 0.1) is 81.6 Å². The van der Waals surface area contributed by atoms with Crippen LogP contribution in [0.3, 0.4) is 0 Å². The first-order valence-corrected chi connectivity index (χ1v) is 33.1. The second kappa shape index (κ2) is 64.2. The average Bonchev–Trinajstić information content (AvgIpc) is 3.57. The Kier molecular flexibility index (Phi) is 61.9. The number of hydrogen-bond acceptors (Lipinski definition) is 14. The number of carbonyl (C=O) groups excluding carboxylic acids is 2. The summed E-state index contributed by atoms with van der Waals surface area (Å²) < 4.78 is 21.3. The van der Waals surface area contributed by atoms with E-state index in [0.717, 1.165) is 82.6 Å². The van der Waals surface area contributed by atoms with Crippen molar-refractivity contribution in [2.24, 2.45) is 0 Å². The van der Waals surface area contributed by atoms with E-state index in [9.17, 15) is 39.6 Å². The van der Waals surface area contributed by atoms with E-state index in [1.54, 1.807) is 32.9 Å². The van der Waals surface area contributed by atoms with Crippen LogP contribution in [0.4, 0.5) is 0 Å². The number of cyclic esters (lactones) is 1. The van der Waals surface area contributed by atoms with Crippen molar-refractivity contribution in [1.29, 1.82) is 0 Å². The molecular weight excluding hydrogens is 1130 g/mol. The van der Waals surface area contributed by atoms with Crippen molar-refractivity contribution in [2.75, 3.05) is 13.4 Å². The molecule has 2 rings (SSSR count). The highest BCUT2D eigenvalue weighted by atomic mass is 16.7. The minimum absolute atomic E-state index is 0.0467. The van der Waals surface area contributed by atoms with Gasteiger partial charge in [-0.15, -0.1) is 0 Å². The van der Waals surface area contributed by atoms with Crippen LogP contribution < -0.4 is 0 Å². The second-order valence-corrected chi connectivity index (χ2v) is 22.8. The third kappa shape index (κ3) is 70.0. The van der Waals surface area contributed by atoms with Gasteiger partial charge in [0.2, 0.25) is 0 Å². The number of ether oxygens (including phenoxy) is 4. The van der Waals surface area contributed by atoms with Crippen molar-refractivity contribution in [3.05, 3.63) is 133 Å². The molecule has 89 heavy (non-hydrogen) atoms. The average molecular weight is 1250 g/mol. The number of allylic oxidation sites excluding steroid dienone is 9. The molecule has 0 bridgehead atoms. The van der Waals surface area contributed by atoms with Crippen molar-refractivity contribution < 1.29 is 79.0 Å². The van der Waals surface area contributed by atoms with E-state index < -0.39 is 36.4 Å². The number of esters is 2. The SMILES string of the molecule is CCOC(=O)C[C@@H](O)C/C=C/CC/C=C/C[C@@H](C)OCOCc1ccccc1.C[C@@H](O)C/C=C/CC/C=C/C[C@H](O)CC(=O)O.C[C@@H](O)C/C=C/CC/C=C/C[C@H](O)CC(=O)O.C[C@@H]1C/C=C/CC/C=C/CCCCCCCCCCCC[C@H](O)CC(=O)O1. The number of carboxylic acid groups (broad SMARTS) is 2. The minimum Gasteiger partial charge on any atom is -0.481 e. The van der Waals surface area contributed by atoms with Crippen molar-refractivity contribution in [3.63, 3.8) is 0 Å². The highest BCUT2D eigenvalue weighted by molar-refractivity contribution is 5.70. The first kappa shape index (κ1) is 85.8. The van der Waals surface area contributed by atoms with Crippen molar-refractivity contribution in [3.8, 4) is 0 Å². The number of aliphatic carboxylic acids is 2. The Morgan fingerprint density at radius 2 is 0.966 bits per heavy atom. The fourth-order valence-electron chi connectivity index (χ4n) is 8.46. The molecule has 1 aromatic carbocycles. The summed E-state index contributed by atoms with van der Waals surface area (Å²) in [4.78, 5) is 43.6. The van der Waals surface area contributed by atoms with Gasteiger partial charge in [-0.1, -0.05) is 185 Å². The zero-order valence-electron chi connectivity index (χ0n) is 55.1. The Bertz CT molecular complexity index is 2000. The van der Waals surface area contributed by atoms with E-state index >= 15 is 0 Å². The van der Waals surface area contributed by atoms with Crippen LogP contribution in [0.1, 0.15) is 239 Å². The molecule has 1 heterocycles. The van der Waals surface area contributed by atoms with Crippen LogP contribution in [0.5, 0.6) is 0 Å². The molecule has 8 N–H and O–H groups in total. The van der Waals surface area contributed by atoms with Gasteiger partial charge < -0.3 is 59.8 Å². The van der Waals surface area contributed by atoms with E-state index in [-0.39, 0.29) is 62.0 Å². The molecule has 0 aliphatic carbocycles. The van der Waals surface area contributed by atoms with Crippen molar-refractivity contribution in [2.45, 2.75) is 289 Å². The zero-order chi connectivity index (χ0) is 66.2. The Hall–Kier alpha value is -5.30. The first-order valence-electron chi connectivity index (χ1n) is 33.1. The highest BCUT2D eigenvalue weighted by Crippen LogP contribution is 2.15. The van der Waals surface area contributed by atoms with E-state index in [1.807, 2.05) is 92.8 Å². The van der Waals surface area contributed by atoms with Crippen LogP contribution in [0.15, 0.2) is 128 Å². The standard InChI is InChI=1S/C24H42O3.C23H34O5.2C13H22O4/c1-22-19-17-15-13-11-9-7-5-3-2-4-6-8-10-12-14-16-18-20-23(25)21-24(26)27-22;1-3-27-23(25)17-22(24)16-12-7-5-4-6-9-13-20(2)28-19-26-18-21-14-10-8-11-15-21;2*1-11(14)8-6-4-2-3-5-7-9-12(15)10-13(16)17/h7,9,15,17,22-23,25H,2-6,8,10-14,16,18-21H2,1H3;6-12,14-15,20,22,24H,3-5,13,16-19H2,1-2H3;2*4-7,11-12,14-15H,2-3,8-10H2,1H3,(H,16,17)/b9-7+,17-15+;9-6+,12-7+;2*6-4+,7-5+/t22-,23+;20-,22+;2*11-,12+/m1111/s1. The van der Waals surface area contributed by atoms with Crippen LogP contribution in [0, 0.1) is 0 Å². The Labute approximate surface area is 536 Å². The molecule has 1 aromatic rings. The highest BCUT2D eigenvalue weighted by Gasteiger charge is 2.15. The van der Waals surface area contributed by atoms with Gasteiger partial charge in [-0.3, -0.25) is 19.2 Å². The van der Waals surface area contributed by atoms with E-state index in [2.05, 4.69) is 36.5 Å². The third-order valence-corrected chi connectivity index (χ3v) is 13.4. The quantitative estimate of drug-likeness (QED) is 0.0141. The van der Waals surface area contributed by atoms with Crippen molar-refractivity contribution in [1.82, 2.24) is 0 Å². The predicted octanol–water partition coefficient (Wildman–Crippen LogP) is 15.0. The lowest BCUT2D eigenvalue weighted by Crippen LogP contribution is -2.20. The summed E-state index contributed by atoms with van der Waals surface area (Å²) in [6.45, 7) is 10.4. The number of aliphatic hydroxyl groups excluding tert-OH is 6. The number of hydrogen-bond donors (Lipinski definition) is 8. The largest absolute Gasteiger partial charge is 0.481 e. The van der Waals surface area contributed by atoms with Gasteiger partial charge in [0.25, 0.3) is 0 Å². The van der Waals surface area contributed by atoms with Gasteiger partial charge in [-0.25, -0.2) is 0 Å². The smallest absolute Gasteiger partial charge is 0.308 e. The minimum atomic E-state index is -0.980. The first-order chi connectivity index (χ1) is 42.8. The molecule has 0 radical (unpaired) electrons. The van der Waals surface area contributed by atoms with Crippen LogP contribution in [0.2, 0.25) is 0 Å². The maximum absolute atomic E-state index is 11.9. The molecule has 16 nitrogen and oxygen atoms in total. The maximum Gasteiger partial charge on any atom is 0.308 e. The molecule has 0 spiro atoms. The molecular formula is C73H120O16. The topological polar surface area (TPSA) is 267 Å². The lowest BCUT2D eigenvalue weighted by Gasteiger charge is -2.14. The van der Waals surface area contributed by atoms with Gasteiger partial charge in [-0.2, -0.15) is 0 Å². The van der Waals surface area contributed by atoms with E-state index in [4.69, 9.17) is 39.4 Å². The predicted molar refractivity (Wildman–Crippen MR) is 358 cm³/mol. The molecule has 1 aliphatic heterocycles. The molecule has 0 fully saturated rings. The zero-order valence-corrected chi connectivity index (χ0v) is 55.1. The summed E-state index contributed by atoms with van der Waals surface area (Å²) in [6.07, 6.45) is 55.0. The van der Waals surface area contributed by atoms with Crippen LogP contribution in [0.25, 0.3) is 0 Å². The number of carboxylic acids is 2. The maximum atomic E-state index is 11.9. The van der Waals surface area contributed by atoms with Crippen LogP contribution >= 0.6 is 0 Å². The van der Waals surface area contributed by atoms with Crippen molar-refractivity contribution >= 4 is 23.9 Å². The fraction of sp³-hybridized carbons (Fsp3) is 0.644. The van der Waals surface area contributed by atoms with Gasteiger partial charge in [0, 0.05) is 6.42 Å². The van der Waals surface area contributed by atoms with Gasteiger partial charge in [0.1, 0.15) is 12.9 Å². The lowest BCUT2D eigenvalue weighted by molar-refractivity contribution is -0.150. The number of rotatable bonds is 33. The molecule has 0 saturated carbocycles. The van der Waals surface area contributed by atoms with E-state index in [1.165, 1.54) is 57.8 Å². The molecule has 0 unspecified atom stereocenters. The lowest BCUT2D eigenvalue weighted by atomic mass is 10.0. The molecule has 8 atom stereocenters. The molecule has 0 saturated heterocycles. The van der Waals surface area contributed by atoms with Gasteiger partial charge in [0.15, 0.2) is 0 Å². The van der Waals surface area contributed by atoms with Crippen LogP contribution in [-0.2, 0) is 44.7 Å². The Morgan fingerprint density at radius 1 is 0.551 bits per heavy atom. The normalized spacial score (nSPS) is 19.1. The summed E-state index contributed by atoms with van der Waals surface area (Å²) in [5.41, 5.74) is 1.14. The molecule has 0 amide bonds. The Morgan fingerprint density at radius 3 is 1.43 bits per heavy atom. The number of benzene rings is 1. The fourth-order valence-corrected chi connectivity index (χ4v) is 8.46. The van der Waals surface area contributed by atoms with E-state index in [0.29, 0.717) is 58.5 Å². The summed E-state index contributed by atoms with van der Waals surface area (Å²) >= 11 is 0. The van der Waals surface area contributed by atoms with Gasteiger partial charge in [-0.05, 0) is 149 Å². The van der Waals surface area contributed by atoms with Crippen LogP contribution in [-0.4, -0.2) is 127 Å². The Balaban J connectivity index is 0. The molecule has 16 heteroatoms. The molecule has 1 aliphatic rings. The third-order valence-electron chi connectivity index (χ3n) is 13.4. The molecule has 508 valence electrons. The summed E-state index contributed by atoms with van der Waals surface area (Å²) in [7, 11) is 0. The van der Waals surface area contributed by atoms with Gasteiger partial charge >= 0.3 is 23.9 Å². The second-order valence-electron chi connectivity index (χ2n) is 22.8. The molecule has 0 aromatic heterocycles. The summed E-state index contributed by atoms with van der Waals surface area (Å²) in [6, 6.07) is 10.0.